The Morgan fingerprint density at radius 1 is 1.45 bits per heavy atom. The van der Waals surface area contributed by atoms with Crippen molar-refractivity contribution in [3.63, 3.8) is 0 Å². The van der Waals surface area contributed by atoms with Crippen molar-refractivity contribution in [3.8, 4) is 5.82 Å². The Morgan fingerprint density at radius 2 is 2.18 bits per heavy atom. The summed E-state index contributed by atoms with van der Waals surface area (Å²) in [6.07, 6.45) is -2.03. The predicted octanol–water partition coefficient (Wildman–Crippen LogP) is 3.08. The average molecular weight is 333 g/mol. The van der Waals surface area contributed by atoms with Gasteiger partial charge in [-0.1, -0.05) is 18.5 Å². The van der Waals surface area contributed by atoms with Crippen molar-refractivity contribution < 1.29 is 18.0 Å². The number of carbonyl (C=O) groups is 1. The standard InChI is InChI=1S/C13H12ClF3N4O/c1-2-5-19-12(22)8-7-20-21(10(8)13(15,16)17)11-9(14)4-3-6-18-11/h3-4,6-7H,2,5H2,1H3,(H,19,22). The van der Waals surface area contributed by atoms with Crippen molar-refractivity contribution in [2.24, 2.45) is 0 Å². The molecule has 0 aliphatic rings. The lowest BCUT2D eigenvalue weighted by Crippen LogP contribution is -2.27. The van der Waals surface area contributed by atoms with Crippen molar-refractivity contribution in [1.82, 2.24) is 20.1 Å². The van der Waals surface area contributed by atoms with E-state index >= 15 is 0 Å². The first-order valence-electron chi connectivity index (χ1n) is 6.40. The first kappa shape index (κ1) is 16.3. The molecule has 0 fully saturated rings. The molecule has 9 heteroatoms. The number of amides is 1. The minimum atomic E-state index is -4.78. The van der Waals surface area contributed by atoms with Gasteiger partial charge in [0.25, 0.3) is 5.91 Å². The van der Waals surface area contributed by atoms with Crippen molar-refractivity contribution in [2.75, 3.05) is 6.54 Å². The molecule has 0 unspecified atom stereocenters. The van der Waals surface area contributed by atoms with Gasteiger partial charge in [0.2, 0.25) is 0 Å². The summed E-state index contributed by atoms with van der Waals surface area (Å²) in [7, 11) is 0. The molecule has 0 aliphatic carbocycles. The molecule has 0 radical (unpaired) electrons. The summed E-state index contributed by atoms with van der Waals surface area (Å²) in [5.74, 6) is -1.03. The fraction of sp³-hybridized carbons (Fsp3) is 0.308. The van der Waals surface area contributed by atoms with E-state index in [0.29, 0.717) is 11.1 Å². The van der Waals surface area contributed by atoms with E-state index in [1.165, 1.54) is 18.3 Å². The number of carbonyl (C=O) groups excluding carboxylic acids is 1. The van der Waals surface area contributed by atoms with Gasteiger partial charge < -0.3 is 5.32 Å². The van der Waals surface area contributed by atoms with Crippen molar-refractivity contribution in [3.05, 3.63) is 40.8 Å². The number of hydrogen-bond acceptors (Lipinski definition) is 3. The van der Waals surface area contributed by atoms with Gasteiger partial charge in [-0.2, -0.15) is 18.3 Å². The van der Waals surface area contributed by atoms with E-state index in [9.17, 15) is 18.0 Å². The first-order valence-corrected chi connectivity index (χ1v) is 6.78. The normalized spacial score (nSPS) is 11.5. The van der Waals surface area contributed by atoms with Gasteiger partial charge in [-0.15, -0.1) is 0 Å². The molecule has 2 aromatic rings. The fourth-order valence-electron chi connectivity index (χ4n) is 1.81. The van der Waals surface area contributed by atoms with Crippen LogP contribution in [0.5, 0.6) is 0 Å². The number of halogens is 4. The molecule has 1 N–H and O–H groups in total. The van der Waals surface area contributed by atoms with Gasteiger partial charge in [0.15, 0.2) is 11.5 Å². The van der Waals surface area contributed by atoms with E-state index in [4.69, 9.17) is 11.6 Å². The molecule has 2 rings (SSSR count). The van der Waals surface area contributed by atoms with Gasteiger partial charge in [-0.05, 0) is 18.6 Å². The summed E-state index contributed by atoms with van der Waals surface area (Å²) in [4.78, 5) is 15.7. The van der Waals surface area contributed by atoms with E-state index in [2.05, 4.69) is 15.4 Å². The molecule has 118 valence electrons. The Labute approximate surface area is 129 Å². The number of nitrogens with zero attached hydrogens (tertiary/aromatic N) is 3. The van der Waals surface area contributed by atoms with Crippen LogP contribution in [-0.2, 0) is 6.18 Å². The molecule has 0 saturated carbocycles. The molecule has 5 nitrogen and oxygen atoms in total. The van der Waals surface area contributed by atoms with Gasteiger partial charge in [0, 0.05) is 12.7 Å². The van der Waals surface area contributed by atoms with Crippen molar-refractivity contribution >= 4 is 17.5 Å². The highest BCUT2D eigenvalue weighted by Crippen LogP contribution is 2.34. The fourth-order valence-corrected chi connectivity index (χ4v) is 2.02. The van der Waals surface area contributed by atoms with E-state index in [1.54, 1.807) is 6.92 Å². The number of aromatic nitrogens is 3. The Balaban J connectivity index is 2.55. The molecule has 0 saturated heterocycles. The van der Waals surface area contributed by atoms with Crippen LogP contribution >= 0.6 is 11.6 Å². The molecule has 22 heavy (non-hydrogen) atoms. The lowest BCUT2D eigenvalue weighted by Gasteiger charge is -2.12. The summed E-state index contributed by atoms with van der Waals surface area (Å²) in [6, 6.07) is 2.88. The SMILES string of the molecule is CCCNC(=O)c1cnn(-c2ncccc2Cl)c1C(F)(F)F. The van der Waals surface area contributed by atoms with Crippen LogP contribution in [-0.4, -0.2) is 27.2 Å². The zero-order chi connectivity index (χ0) is 16.3. The Bertz CT molecular complexity index is 684. The first-order chi connectivity index (χ1) is 10.4. The third-order valence-corrected chi connectivity index (χ3v) is 3.05. The van der Waals surface area contributed by atoms with Crippen LogP contribution in [0.15, 0.2) is 24.5 Å². The van der Waals surface area contributed by atoms with Crippen LogP contribution in [0.3, 0.4) is 0 Å². The second-order valence-electron chi connectivity index (χ2n) is 4.38. The monoisotopic (exact) mass is 332 g/mol. The second kappa shape index (κ2) is 6.35. The zero-order valence-corrected chi connectivity index (χ0v) is 12.2. The van der Waals surface area contributed by atoms with Crippen LogP contribution in [0, 0.1) is 0 Å². The Hall–Kier alpha value is -2.09. The van der Waals surface area contributed by atoms with Gasteiger partial charge in [-0.3, -0.25) is 4.79 Å². The highest BCUT2D eigenvalue weighted by molar-refractivity contribution is 6.32. The highest BCUT2D eigenvalue weighted by Gasteiger charge is 2.41. The number of rotatable bonds is 4. The summed E-state index contributed by atoms with van der Waals surface area (Å²) in [5, 5.41) is 6.02. The van der Waals surface area contributed by atoms with E-state index in [1.807, 2.05) is 0 Å². The molecular formula is C13H12ClF3N4O. The maximum absolute atomic E-state index is 13.3. The largest absolute Gasteiger partial charge is 0.434 e. The molecule has 0 atom stereocenters. The number of hydrogen-bond donors (Lipinski definition) is 1. The third-order valence-electron chi connectivity index (χ3n) is 2.76. The van der Waals surface area contributed by atoms with E-state index in [0.717, 1.165) is 6.20 Å². The lowest BCUT2D eigenvalue weighted by atomic mass is 10.2. The Kier molecular flexibility index (Phi) is 4.70. The van der Waals surface area contributed by atoms with Gasteiger partial charge in [0.05, 0.1) is 16.8 Å². The molecule has 0 aliphatic heterocycles. The van der Waals surface area contributed by atoms with Crippen molar-refractivity contribution in [1.29, 1.82) is 0 Å². The second-order valence-corrected chi connectivity index (χ2v) is 4.79. The van der Waals surface area contributed by atoms with Gasteiger partial charge >= 0.3 is 6.18 Å². The summed E-state index contributed by atoms with van der Waals surface area (Å²) >= 11 is 5.86. The predicted molar refractivity (Wildman–Crippen MR) is 74.0 cm³/mol. The van der Waals surface area contributed by atoms with Gasteiger partial charge in [0.1, 0.15) is 0 Å². The molecule has 2 heterocycles. The summed E-state index contributed by atoms with van der Waals surface area (Å²) in [5.41, 5.74) is -1.77. The zero-order valence-electron chi connectivity index (χ0n) is 11.5. The number of pyridine rings is 1. The molecular weight excluding hydrogens is 321 g/mol. The smallest absolute Gasteiger partial charge is 0.352 e. The third kappa shape index (κ3) is 3.22. The molecule has 0 bridgehead atoms. The van der Waals surface area contributed by atoms with Crippen LogP contribution in [0.1, 0.15) is 29.4 Å². The van der Waals surface area contributed by atoms with E-state index in [-0.39, 0.29) is 17.4 Å². The maximum Gasteiger partial charge on any atom is 0.434 e. The molecule has 0 aromatic carbocycles. The lowest BCUT2D eigenvalue weighted by molar-refractivity contribution is -0.143. The molecule has 2 aromatic heterocycles. The number of alkyl halides is 3. The molecule has 0 spiro atoms. The molecule has 1 amide bonds. The van der Waals surface area contributed by atoms with Crippen LogP contribution in [0.25, 0.3) is 5.82 Å². The van der Waals surface area contributed by atoms with Crippen molar-refractivity contribution in [2.45, 2.75) is 19.5 Å². The highest BCUT2D eigenvalue weighted by atomic mass is 35.5. The number of nitrogens with one attached hydrogen (secondary N) is 1. The Morgan fingerprint density at radius 3 is 2.77 bits per heavy atom. The quantitative estimate of drug-likeness (QED) is 0.936. The van der Waals surface area contributed by atoms with E-state index < -0.39 is 23.3 Å². The average Bonchev–Trinajstić information content (AvgIpc) is 2.90. The summed E-state index contributed by atoms with van der Waals surface area (Å²) < 4.78 is 40.5. The topological polar surface area (TPSA) is 59.8 Å². The minimum Gasteiger partial charge on any atom is -0.352 e. The maximum atomic E-state index is 13.3. The van der Waals surface area contributed by atoms with Crippen LogP contribution in [0.2, 0.25) is 5.02 Å². The minimum absolute atomic E-state index is 0.00313. The van der Waals surface area contributed by atoms with Crippen LogP contribution in [0.4, 0.5) is 13.2 Å². The van der Waals surface area contributed by atoms with Crippen LogP contribution < -0.4 is 5.32 Å². The van der Waals surface area contributed by atoms with Gasteiger partial charge in [-0.25, -0.2) is 9.67 Å². The summed E-state index contributed by atoms with van der Waals surface area (Å²) in [6.45, 7) is 2.06.